The average molecular weight is 229 g/mol. The normalized spacial score (nSPS) is 29.1. The fraction of sp³-hybridized carbons (Fsp3) is 0.818. The third-order valence-electron chi connectivity index (χ3n) is 2.92. The number of carbonyl (C=O) groups excluding carboxylic acids is 1. The molecule has 5 heteroatoms. The molecule has 5 nitrogen and oxygen atoms in total. The van der Waals surface area contributed by atoms with Crippen LogP contribution in [0.2, 0.25) is 0 Å². The van der Waals surface area contributed by atoms with Gasteiger partial charge in [-0.15, -0.1) is 0 Å². The lowest BCUT2D eigenvalue weighted by molar-refractivity contribution is -0.152. The van der Waals surface area contributed by atoms with Crippen LogP contribution in [-0.2, 0) is 9.53 Å². The first-order chi connectivity index (χ1) is 7.17. The van der Waals surface area contributed by atoms with Gasteiger partial charge in [-0.05, 0) is 39.5 Å². The largest absolute Gasteiger partial charge is 0.479 e. The Balaban J connectivity index is 2.65. The molecule has 1 rings (SSSR count). The van der Waals surface area contributed by atoms with Gasteiger partial charge in [0, 0.05) is 0 Å². The Morgan fingerprint density at radius 2 is 2.00 bits per heavy atom. The van der Waals surface area contributed by atoms with Crippen LogP contribution in [0, 0.1) is 5.92 Å². The number of hydrogen-bond acceptors (Lipinski definition) is 3. The summed E-state index contributed by atoms with van der Waals surface area (Å²) in [4.78, 5) is 22.7. The van der Waals surface area contributed by atoms with Gasteiger partial charge in [-0.3, -0.25) is 0 Å². The van der Waals surface area contributed by atoms with E-state index in [9.17, 15) is 9.59 Å². The number of hydrogen-bond donors (Lipinski definition) is 2. The third kappa shape index (κ3) is 2.46. The number of nitrogens with one attached hydrogen (secondary N) is 1. The molecule has 2 atom stereocenters. The monoisotopic (exact) mass is 229 g/mol. The van der Waals surface area contributed by atoms with Crippen LogP contribution in [0.25, 0.3) is 0 Å². The Morgan fingerprint density at radius 1 is 1.44 bits per heavy atom. The van der Waals surface area contributed by atoms with Gasteiger partial charge in [0.25, 0.3) is 0 Å². The van der Waals surface area contributed by atoms with E-state index >= 15 is 0 Å². The van der Waals surface area contributed by atoms with Gasteiger partial charge >= 0.3 is 12.1 Å². The minimum absolute atomic E-state index is 0.0579. The van der Waals surface area contributed by atoms with Crippen LogP contribution in [-0.4, -0.2) is 28.3 Å². The van der Waals surface area contributed by atoms with Gasteiger partial charge in [0.15, 0.2) is 0 Å². The Morgan fingerprint density at radius 3 is 2.25 bits per heavy atom. The zero-order valence-corrected chi connectivity index (χ0v) is 10.2. The molecular weight excluding hydrogens is 210 g/mol. The van der Waals surface area contributed by atoms with Crippen molar-refractivity contribution >= 4 is 12.1 Å². The van der Waals surface area contributed by atoms with Crippen LogP contribution in [0.15, 0.2) is 0 Å². The second-order valence-electron chi connectivity index (χ2n) is 5.34. The first-order valence-corrected chi connectivity index (χ1v) is 5.42. The Labute approximate surface area is 95.2 Å². The lowest BCUT2D eigenvalue weighted by Gasteiger charge is -2.44. The molecule has 0 radical (unpaired) electrons. The van der Waals surface area contributed by atoms with Crippen molar-refractivity contribution in [2.75, 3.05) is 0 Å². The van der Waals surface area contributed by atoms with Gasteiger partial charge in [0.2, 0.25) is 0 Å². The summed E-state index contributed by atoms with van der Waals surface area (Å²) in [5.74, 6) is -1.05. The molecule has 0 bridgehead atoms. The zero-order chi connectivity index (χ0) is 12.6. The molecule has 16 heavy (non-hydrogen) atoms. The molecule has 0 aromatic rings. The zero-order valence-electron chi connectivity index (χ0n) is 10.2. The van der Waals surface area contributed by atoms with E-state index in [1.54, 1.807) is 20.8 Å². The van der Waals surface area contributed by atoms with Crippen molar-refractivity contribution in [3.8, 4) is 0 Å². The number of carboxylic acids is 1. The molecule has 1 aliphatic carbocycles. The van der Waals surface area contributed by atoms with E-state index in [2.05, 4.69) is 5.32 Å². The van der Waals surface area contributed by atoms with Gasteiger partial charge in [-0.2, -0.15) is 0 Å². The lowest BCUT2D eigenvalue weighted by Crippen LogP contribution is -2.64. The minimum atomic E-state index is -1.14. The fourth-order valence-corrected chi connectivity index (χ4v) is 1.76. The minimum Gasteiger partial charge on any atom is -0.479 e. The maximum atomic E-state index is 11.5. The summed E-state index contributed by atoms with van der Waals surface area (Å²) in [6.45, 7) is 7.04. The van der Waals surface area contributed by atoms with Crippen molar-refractivity contribution < 1.29 is 19.4 Å². The number of ether oxygens (including phenoxy) is 1. The second-order valence-corrected chi connectivity index (χ2v) is 5.34. The maximum absolute atomic E-state index is 11.5. The Hall–Kier alpha value is -1.26. The fourth-order valence-electron chi connectivity index (χ4n) is 1.76. The highest BCUT2D eigenvalue weighted by Crippen LogP contribution is 2.38. The number of rotatable bonds is 2. The highest BCUT2D eigenvalue weighted by atomic mass is 16.6. The van der Waals surface area contributed by atoms with Crippen LogP contribution >= 0.6 is 0 Å². The molecule has 0 unspecified atom stereocenters. The maximum Gasteiger partial charge on any atom is 0.408 e. The van der Waals surface area contributed by atoms with E-state index in [0.29, 0.717) is 6.42 Å². The highest BCUT2D eigenvalue weighted by Gasteiger charge is 2.52. The van der Waals surface area contributed by atoms with E-state index in [-0.39, 0.29) is 5.92 Å². The number of alkyl carbamates (subject to hydrolysis) is 1. The SMILES string of the molecule is C[C@H]1CC[C@]1(NC(=O)OC(C)(C)C)C(=O)O. The smallest absolute Gasteiger partial charge is 0.408 e. The van der Waals surface area contributed by atoms with Crippen molar-refractivity contribution in [2.24, 2.45) is 5.92 Å². The molecule has 1 aliphatic rings. The van der Waals surface area contributed by atoms with E-state index in [1.165, 1.54) is 0 Å². The van der Waals surface area contributed by atoms with Gasteiger partial charge in [-0.25, -0.2) is 9.59 Å². The Bertz CT molecular complexity index is 308. The summed E-state index contributed by atoms with van der Waals surface area (Å²) in [5.41, 5.74) is -1.75. The van der Waals surface area contributed by atoms with E-state index < -0.39 is 23.2 Å². The molecule has 0 heterocycles. The molecule has 1 saturated carbocycles. The van der Waals surface area contributed by atoms with Crippen molar-refractivity contribution in [1.82, 2.24) is 5.32 Å². The van der Waals surface area contributed by atoms with Crippen molar-refractivity contribution in [3.05, 3.63) is 0 Å². The quantitative estimate of drug-likeness (QED) is 0.756. The van der Waals surface area contributed by atoms with E-state index in [4.69, 9.17) is 9.84 Å². The van der Waals surface area contributed by atoms with Crippen molar-refractivity contribution in [1.29, 1.82) is 0 Å². The highest BCUT2D eigenvalue weighted by molar-refractivity contribution is 5.85. The first-order valence-electron chi connectivity index (χ1n) is 5.42. The summed E-state index contributed by atoms with van der Waals surface area (Å²) < 4.78 is 5.05. The number of carbonyl (C=O) groups is 2. The predicted octanol–water partition coefficient (Wildman–Crippen LogP) is 1.76. The van der Waals surface area contributed by atoms with Crippen LogP contribution in [0.5, 0.6) is 0 Å². The van der Waals surface area contributed by atoms with Crippen molar-refractivity contribution in [3.63, 3.8) is 0 Å². The second kappa shape index (κ2) is 3.96. The summed E-state index contributed by atoms with van der Waals surface area (Å²) in [5, 5.41) is 11.6. The van der Waals surface area contributed by atoms with Gasteiger partial charge in [-0.1, -0.05) is 6.92 Å². The predicted molar refractivity (Wildman–Crippen MR) is 58.1 cm³/mol. The molecule has 0 spiro atoms. The summed E-state index contributed by atoms with van der Waals surface area (Å²) in [6, 6.07) is 0. The molecule has 0 aromatic carbocycles. The molecule has 92 valence electrons. The molecule has 0 aliphatic heterocycles. The van der Waals surface area contributed by atoms with E-state index in [1.807, 2.05) is 6.92 Å². The molecule has 1 amide bonds. The molecule has 1 fully saturated rings. The van der Waals surface area contributed by atoms with Crippen LogP contribution in [0.1, 0.15) is 40.5 Å². The average Bonchev–Trinajstić information content (AvgIpc) is 2.08. The first kappa shape index (κ1) is 12.8. The van der Waals surface area contributed by atoms with Crippen LogP contribution in [0.3, 0.4) is 0 Å². The summed E-state index contributed by atoms with van der Waals surface area (Å²) in [7, 11) is 0. The summed E-state index contributed by atoms with van der Waals surface area (Å²) in [6.07, 6.45) is 0.603. The Kier molecular flexibility index (Phi) is 3.17. The van der Waals surface area contributed by atoms with Crippen LogP contribution < -0.4 is 5.32 Å². The number of aliphatic carboxylic acids is 1. The van der Waals surface area contributed by atoms with Gasteiger partial charge in [0.1, 0.15) is 11.1 Å². The lowest BCUT2D eigenvalue weighted by atomic mass is 9.67. The molecule has 0 saturated heterocycles. The molecule has 2 N–H and O–H groups in total. The van der Waals surface area contributed by atoms with Crippen LogP contribution in [0.4, 0.5) is 4.79 Å². The number of amides is 1. The summed E-state index contributed by atoms with van der Waals surface area (Å²) >= 11 is 0. The standard InChI is InChI=1S/C11H19NO4/c1-7-5-6-11(7,8(13)14)12-9(15)16-10(2,3)4/h7H,5-6H2,1-4H3,(H,12,15)(H,13,14)/t7-,11+/m0/s1. The van der Waals surface area contributed by atoms with Gasteiger partial charge < -0.3 is 15.2 Å². The third-order valence-corrected chi connectivity index (χ3v) is 2.92. The van der Waals surface area contributed by atoms with Gasteiger partial charge in [0.05, 0.1) is 0 Å². The topological polar surface area (TPSA) is 75.6 Å². The molecule has 0 aromatic heterocycles. The number of carboxylic acid groups (broad SMARTS) is 1. The van der Waals surface area contributed by atoms with Crippen molar-refractivity contribution in [2.45, 2.75) is 51.7 Å². The van der Waals surface area contributed by atoms with E-state index in [0.717, 1.165) is 6.42 Å². The molecular formula is C11H19NO4.